The average Bonchev–Trinajstić information content (AvgIpc) is 2.37. The molecule has 1 N–H and O–H groups in total. The summed E-state index contributed by atoms with van der Waals surface area (Å²) in [6.07, 6.45) is 1.42. The molecule has 0 saturated heterocycles. The number of benzene rings is 1. The van der Waals surface area contributed by atoms with Crippen LogP contribution >= 0.6 is 23.2 Å². The van der Waals surface area contributed by atoms with E-state index in [1.807, 2.05) is 0 Å². The van der Waals surface area contributed by atoms with Crippen molar-refractivity contribution in [1.82, 2.24) is 4.98 Å². The minimum atomic E-state index is -0.639. The molecule has 1 aromatic carbocycles. The predicted octanol–water partition coefficient (Wildman–Crippen LogP) is 4.09. The first-order valence-electron chi connectivity index (χ1n) is 5.36. The molecule has 2 aromatic rings. The van der Waals surface area contributed by atoms with E-state index in [1.54, 1.807) is 13.0 Å². The Morgan fingerprint density at radius 1 is 1.37 bits per heavy atom. The van der Waals surface area contributed by atoms with Crippen molar-refractivity contribution in [3.05, 3.63) is 57.6 Å². The zero-order valence-electron chi connectivity index (χ0n) is 9.88. The lowest BCUT2D eigenvalue weighted by Crippen LogP contribution is -2.13. The fourth-order valence-corrected chi connectivity index (χ4v) is 1.82. The quantitative estimate of drug-likeness (QED) is 0.849. The second-order valence-corrected chi connectivity index (χ2v) is 4.62. The Bertz CT molecular complexity index is 647. The molecule has 0 atom stereocenters. The molecule has 0 aliphatic rings. The lowest BCUT2D eigenvalue weighted by molar-refractivity contribution is 0.102. The number of nitrogens with zero attached hydrogens (tertiary/aromatic N) is 1. The molecule has 1 aromatic heterocycles. The number of carbonyl (C=O) groups is 1. The Morgan fingerprint density at radius 2 is 2.11 bits per heavy atom. The molecule has 98 valence electrons. The van der Waals surface area contributed by atoms with Gasteiger partial charge in [-0.15, -0.1) is 0 Å². The number of rotatable bonds is 2. The molecule has 0 aliphatic heterocycles. The molecule has 19 heavy (non-hydrogen) atoms. The molecule has 0 fully saturated rings. The van der Waals surface area contributed by atoms with Crippen LogP contribution in [0.3, 0.4) is 0 Å². The smallest absolute Gasteiger partial charge is 0.257 e. The third kappa shape index (κ3) is 3.03. The fraction of sp³-hybridized carbons (Fsp3) is 0.0769. The summed E-state index contributed by atoms with van der Waals surface area (Å²) >= 11 is 11.5. The van der Waals surface area contributed by atoms with Crippen molar-refractivity contribution in [1.29, 1.82) is 0 Å². The second kappa shape index (κ2) is 5.55. The number of nitrogens with one attached hydrogen (secondary N) is 1. The van der Waals surface area contributed by atoms with Crippen LogP contribution in [0.1, 0.15) is 15.9 Å². The fourth-order valence-electron chi connectivity index (χ4n) is 1.50. The van der Waals surface area contributed by atoms with E-state index < -0.39 is 11.7 Å². The number of amides is 1. The molecule has 0 radical (unpaired) electrons. The van der Waals surface area contributed by atoms with Crippen molar-refractivity contribution in [3.8, 4) is 0 Å². The minimum absolute atomic E-state index is 0.0641. The van der Waals surface area contributed by atoms with Crippen LogP contribution in [0, 0.1) is 12.7 Å². The van der Waals surface area contributed by atoms with Gasteiger partial charge in [-0.1, -0.05) is 29.3 Å². The summed E-state index contributed by atoms with van der Waals surface area (Å²) in [4.78, 5) is 15.9. The first-order valence-corrected chi connectivity index (χ1v) is 6.12. The molecular formula is C13H9Cl2FN2O. The molecule has 0 aliphatic carbocycles. The number of pyridine rings is 1. The molecule has 0 spiro atoms. The Balaban J connectivity index is 2.26. The van der Waals surface area contributed by atoms with Gasteiger partial charge < -0.3 is 5.32 Å². The van der Waals surface area contributed by atoms with E-state index in [4.69, 9.17) is 23.2 Å². The van der Waals surface area contributed by atoms with Crippen molar-refractivity contribution in [2.45, 2.75) is 6.92 Å². The summed E-state index contributed by atoms with van der Waals surface area (Å²) in [5.74, 6) is -1.15. The Morgan fingerprint density at radius 3 is 2.79 bits per heavy atom. The van der Waals surface area contributed by atoms with Crippen molar-refractivity contribution >= 4 is 34.8 Å². The third-order valence-electron chi connectivity index (χ3n) is 2.47. The van der Waals surface area contributed by atoms with Crippen LogP contribution in [0.25, 0.3) is 0 Å². The van der Waals surface area contributed by atoms with E-state index in [2.05, 4.69) is 10.3 Å². The molecular weight excluding hydrogens is 290 g/mol. The van der Waals surface area contributed by atoms with E-state index in [0.29, 0.717) is 10.8 Å². The Kier molecular flexibility index (Phi) is 4.02. The summed E-state index contributed by atoms with van der Waals surface area (Å²) in [5, 5.41) is 2.74. The standard InChI is InChI=1S/C13H9Cl2FN2O/c1-7-5-8(6-17-12(7)15)18-13(19)9-3-2-4-10(16)11(9)14/h2-6H,1H3,(H,18,19). The Labute approximate surface area is 119 Å². The first kappa shape index (κ1) is 13.8. The van der Waals surface area contributed by atoms with Gasteiger partial charge in [0.05, 0.1) is 22.5 Å². The van der Waals surface area contributed by atoms with Crippen LogP contribution in [-0.2, 0) is 0 Å². The van der Waals surface area contributed by atoms with Crippen LogP contribution in [0.5, 0.6) is 0 Å². The highest BCUT2D eigenvalue weighted by molar-refractivity contribution is 6.34. The maximum absolute atomic E-state index is 13.3. The van der Waals surface area contributed by atoms with Crippen LogP contribution in [0.15, 0.2) is 30.5 Å². The molecule has 2 rings (SSSR count). The SMILES string of the molecule is Cc1cc(NC(=O)c2cccc(F)c2Cl)cnc1Cl. The number of halogens is 3. The van der Waals surface area contributed by atoms with E-state index >= 15 is 0 Å². The monoisotopic (exact) mass is 298 g/mol. The molecule has 1 heterocycles. The van der Waals surface area contributed by atoms with E-state index in [9.17, 15) is 9.18 Å². The summed E-state index contributed by atoms with van der Waals surface area (Å²) in [6.45, 7) is 1.76. The number of aromatic nitrogens is 1. The van der Waals surface area contributed by atoms with Crippen molar-refractivity contribution in [2.24, 2.45) is 0 Å². The lowest BCUT2D eigenvalue weighted by Gasteiger charge is -2.08. The zero-order valence-corrected chi connectivity index (χ0v) is 11.4. The average molecular weight is 299 g/mol. The van der Waals surface area contributed by atoms with Crippen molar-refractivity contribution in [2.75, 3.05) is 5.32 Å². The molecule has 0 unspecified atom stereocenters. The maximum Gasteiger partial charge on any atom is 0.257 e. The number of hydrogen-bond acceptors (Lipinski definition) is 2. The van der Waals surface area contributed by atoms with Crippen LogP contribution in [0.4, 0.5) is 10.1 Å². The van der Waals surface area contributed by atoms with Crippen LogP contribution in [0.2, 0.25) is 10.2 Å². The van der Waals surface area contributed by atoms with Gasteiger partial charge in [-0.3, -0.25) is 4.79 Å². The normalized spacial score (nSPS) is 10.3. The lowest BCUT2D eigenvalue weighted by atomic mass is 10.2. The van der Waals surface area contributed by atoms with Gasteiger partial charge >= 0.3 is 0 Å². The number of anilines is 1. The highest BCUT2D eigenvalue weighted by Crippen LogP contribution is 2.22. The third-order valence-corrected chi connectivity index (χ3v) is 3.25. The molecule has 3 nitrogen and oxygen atoms in total. The topological polar surface area (TPSA) is 42.0 Å². The minimum Gasteiger partial charge on any atom is -0.321 e. The summed E-state index contributed by atoms with van der Waals surface area (Å²) in [6, 6.07) is 5.71. The van der Waals surface area contributed by atoms with E-state index in [1.165, 1.54) is 24.4 Å². The Hall–Kier alpha value is -1.65. The number of hydrogen-bond donors (Lipinski definition) is 1. The van der Waals surface area contributed by atoms with Gasteiger partial charge in [-0.05, 0) is 30.7 Å². The molecule has 1 amide bonds. The van der Waals surface area contributed by atoms with E-state index in [0.717, 1.165) is 5.56 Å². The van der Waals surface area contributed by atoms with Crippen LogP contribution in [-0.4, -0.2) is 10.9 Å². The molecule has 0 saturated carbocycles. The van der Waals surface area contributed by atoms with Gasteiger partial charge in [0.1, 0.15) is 11.0 Å². The van der Waals surface area contributed by atoms with Gasteiger partial charge in [-0.25, -0.2) is 9.37 Å². The van der Waals surface area contributed by atoms with Gasteiger partial charge in [0.15, 0.2) is 0 Å². The summed E-state index contributed by atoms with van der Waals surface area (Å²) < 4.78 is 13.3. The highest BCUT2D eigenvalue weighted by Gasteiger charge is 2.14. The van der Waals surface area contributed by atoms with Crippen molar-refractivity contribution in [3.63, 3.8) is 0 Å². The highest BCUT2D eigenvalue weighted by atomic mass is 35.5. The van der Waals surface area contributed by atoms with Crippen LogP contribution < -0.4 is 5.32 Å². The number of carbonyl (C=O) groups excluding carboxylic acids is 1. The van der Waals surface area contributed by atoms with Gasteiger partial charge in [0, 0.05) is 0 Å². The molecule has 6 heteroatoms. The predicted molar refractivity (Wildman–Crippen MR) is 73.3 cm³/mol. The second-order valence-electron chi connectivity index (χ2n) is 3.89. The summed E-state index contributed by atoms with van der Waals surface area (Å²) in [7, 11) is 0. The maximum atomic E-state index is 13.3. The van der Waals surface area contributed by atoms with Gasteiger partial charge in [-0.2, -0.15) is 0 Å². The largest absolute Gasteiger partial charge is 0.321 e. The van der Waals surface area contributed by atoms with Crippen molar-refractivity contribution < 1.29 is 9.18 Å². The van der Waals surface area contributed by atoms with E-state index in [-0.39, 0.29) is 10.6 Å². The van der Waals surface area contributed by atoms with Gasteiger partial charge in [0.25, 0.3) is 5.91 Å². The molecule has 0 bridgehead atoms. The summed E-state index contributed by atoms with van der Waals surface area (Å²) in [5.41, 5.74) is 1.26. The zero-order chi connectivity index (χ0) is 14.0. The van der Waals surface area contributed by atoms with Gasteiger partial charge in [0.2, 0.25) is 0 Å². The number of aryl methyl sites for hydroxylation is 1. The first-order chi connectivity index (χ1) is 8.99.